The van der Waals surface area contributed by atoms with E-state index >= 15 is 0 Å². The second-order valence-electron chi connectivity index (χ2n) is 3.24. The van der Waals surface area contributed by atoms with Gasteiger partial charge in [-0.1, -0.05) is 28.8 Å². The highest BCUT2D eigenvalue weighted by atomic mass is 79.9. The van der Waals surface area contributed by atoms with E-state index in [0.717, 1.165) is 24.5 Å². The summed E-state index contributed by atoms with van der Waals surface area (Å²) in [7, 11) is 0. The third-order valence-electron chi connectivity index (χ3n) is 2.34. The molecule has 0 amide bonds. The van der Waals surface area contributed by atoms with Crippen molar-refractivity contribution in [2.75, 3.05) is 18.5 Å². The molecular weight excluding hydrogens is 204 g/mol. The Kier molecular flexibility index (Phi) is 5.21. The van der Waals surface area contributed by atoms with E-state index in [1.807, 2.05) is 0 Å². The van der Waals surface area contributed by atoms with Crippen LogP contribution in [0.3, 0.4) is 0 Å². The molecule has 1 aliphatic rings. The Bertz CT molecular complexity index is 89.6. The van der Waals surface area contributed by atoms with Crippen molar-refractivity contribution in [1.82, 2.24) is 0 Å². The third-order valence-corrected chi connectivity index (χ3v) is 2.90. The molecular formula is C9H17BrO. The minimum Gasteiger partial charge on any atom is -0.381 e. The van der Waals surface area contributed by atoms with Crippen LogP contribution in [-0.4, -0.2) is 18.5 Å². The molecule has 0 bridgehead atoms. The number of unbranched alkanes of at least 4 members (excludes halogenated alkanes) is 1. The van der Waals surface area contributed by atoms with Crippen molar-refractivity contribution >= 4 is 15.9 Å². The SMILES string of the molecule is BrCCCCC1CCOCC1. The zero-order chi connectivity index (χ0) is 7.94. The summed E-state index contributed by atoms with van der Waals surface area (Å²) in [5.41, 5.74) is 0. The first-order chi connectivity index (χ1) is 5.43. The van der Waals surface area contributed by atoms with Gasteiger partial charge in [-0.2, -0.15) is 0 Å². The van der Waals surface area contributed by atoms with E-state index < -0.39 is 0 Å². The minimum atomic E-state index is 0.961. The van der Waals surface area contributed by atoms with Gasteiger partial charge in [-0.25, -0.2) is 0 Å². The number of halogens is 1. The van der Waals surface area contributed by atoms with Gasteiger partial charge in [-0.05, 0) is 25.2 Å². The molecule has 0 aromatic rings. The molecule has 0 unspecified atom stereocenters. The van der Waals surface area contributed by atoms with Crippen LogP contribution in [0, 0.1) is 5.92 Å². The van der Waals surface area contributed by atoms with Gasteiger partial charge in [0.1, 0.15) is 0 Å². The van der Waals surface area contributed by atoms with Crippen molar-refractivity contribution < 1.29 is 4.74 Å². The first kappa shape index (κ1) is 9.53. The highest BCUT2D eigenvalue weighted by molar-refractivity contribution is 9.09. The predicted molar refractivity (Wildman–Crippen MR) is 51.2 cm³/mol. The van der Waals surface area contributed by atoms with E-state index in [9.17, 15) is 0 Å². The van der Waals surface area contributed by atoms with Gasteiger partial charge in [-0.3, -0.25) is 0 Å². The van der Waals surface area contributed by atoms with Crippen molar-refractivity contribution in [2.24, 2.45) is 5.92 Å². The molecule has 0 saturated carbocycles. The van der Waals surface area contributed by atoms with Crippen LogP contribution < -0.4 is 0 Å². The van der Waals surface area contributed by atoms with Crippen LogP contribution in [-0.2, 0) is 4.74 Å². The van der Waals surface area contributed by atoms with Crippen molar-refractivity contribution in [2.45, 2.75) is 32.1 Å². The molecule has 0 spiro atoms. The molecule has 11 heavy (non-hydrogen) atoms. The molecule has 1 aliphatic heterocycles. The molecule has 1 nitrogen and oxygen atoms in total. The molecule has 1 rings (SSSR count). The van der Waals surface area contributed by atoms with E-state index in [2.05, 4.69) is 15.9 Å². The molecule has 1 fully saturated rings. The second kappa shape index (κ2) is 6.01. The Hall–Kier alpha value is 0.440. The normalized spacial score (nSPS) is 20.5. The zero-order valence-corrected chi connectivity index (χ0v) is 8.61. The predicted octanol–water partition coefficient (Wildman–Crippen LogP) is 2.98. The summed E-state index contributed by atoms with van der Waals surface area (Å²) in [6.07, 6.45) is 6.72. The van der Waals surface area contributed by atoms with Crippen LogP contribution in [0.1, 0.15) is 32.1 Å². The van der Waals surface area contributed by atoms with E-state index in [4.69, 9.17) is 4.74 Å². The van der Waals surface area contributed by atoms with Gasteiger partial charge in [0.2, 0.25) is 0 Å². The average molecular weight is 221 g/mol. The van der Waals surface area contributed by atoms with Crippen molar-refractivity contribution in [3.8, 4) is 0 Å². The smallest absolute Gasteiger partial charge is 0.0468 e. The van der Waals surface area contributed by atoms with Gasteiger partial charge in [0.05, 0.1) is 0 Å². The van der Waals surface area contributed by atoms with Crippen LogP contribution in [0.5, 0.6) is 0 Å². The highest BCUT2D eigenvalue weighted by Crippen LogP contribution is 2.20. The van der Waals surface area contributed by atoms with E-state index in [1.165, 1.54) is 32.1 Å². The fourth-order valence-electron chi connectivity index (χ4n) is 1.56. The van der Waals surface area contributed by atoms with Crippen molar-refractivity contribution in [1.29, 1.82) is 0 Å². The fourth-order valence-corrected chi connectivity index (χ4v) is 1.96. The van der Waals surface area contributed by atoms with Gasteiger partial charge in [0.25, 0.3) is 0 Å². The van der Waals surface area contributed by atoms with Crippen molar-refractivity contribution in [3.63, 3.8) is 0 Å². The van der Waals surface area contributed by atoms with Crippen molar-refractivity contribution in [3.05, 3.63) is 0 Å². The fraction of sp³-hybridized carbons (Fsp3) is 1.00. The number of alkyl halides is 1. The molecule has 0 N–H and O–H groups in total. The maximum atomic E-state index is 5.30. The average Bonchev–Trinajstić information content (AvgIpc) is 2.07. The van der Waals surface area contributed by atoms with Gasteiger partial charge >= 0.3 is 0 Å². The first-order valence-corrected chi connectivity index (χ1v) is 5.69. The molecule has 0 atom stereocenters. The maximum Gasteiger partial charge on any atom is 0.0468 e. The lowest BCUT2D eigenvalue weighted by Gasteiger charge is -2.21. The van der Waals surface area contributed by atoms with E-state index in [0.29, 0.717) is 0 Å². The molecule has 0 aromatic heterocycles. The minimum absolute atomic E-state index is 0.961. The Morgan fingerprint density at radius 3 is 2.55 bits per heavy atom. The van der Waals surface area contributed by atoms with Crippen LogP contribution in [0.4, 0.5) is 0 Å². The lowest BCUT2D eigenvalue weighted by molar-refractivity contribution is 0.0633. The van der Waals surface area contributed by atoms with Gasteiger partial charge in [-0.15, -0.1) is 0 Å². The largest absolute Gasteiger partial charge is 0.381 e. The molecule has 2 heteroatoms. The van der Waals surface area contributed by atoms with Crippen LogP contribution in [0.2, 0.25) is 0 Å². The number of hydrogen-bond donors (Lipinski definition) is 0. The van der Waals surface area contributed by atoms with Crippen LogP contribution >= 0.6 is 15.9 Å². The summed E-state index contributed by atoms with van der Waals surface area (Å²) in [5, 5.41) is 1.16. The molecule has 1 saturated heterocycles. The third kappa shape index (κ3) is 4.12. The van der Waals surface area contributed by atoms with Crippen LogP contribution in [0.15, 0.2) is 0 Å². The lowest BCUT2D eigenvalue weighted by Crippen LogP contribution is -2.15. The highest BCUT2D eigenvalue weighted by Gasteiger charge is 2.12. The summed E-state index contributed by atoms with van der Waals surface area (Å²) in [4.78, 5) is 0. The van der Waals surface area contributed by atoms with Gasteiger partial charge in [0, 0.05) is 18.5 Å². The molecule has 0 aliphatic carbocycles. The standard InChI is InChI=1S/C9H17BrO/c10-6-2-1-3-9-4-7-11-8-5-9/h9H,1-8H2. The summed E-state index contributed by atoms with van der Waals surface area (Å²) >= 11 is 3.45. The molecule has 1 heterocycles. The monoisotopic (exact) mass is 220 g/mol. The number of hydrogen-bond acceptors (Lipinski definition) is 1. The summed E-state index contributed by atoms with van der Waals surface area (Å²) in [5.74, 6) is 0.961. The van der Waals surface area contributed by atoms with E-state index in [1.54, 1.807) is 0 Å². The Labute approximate surface area is 77.6 Å². The van der Waals surface area contributed by atoms with Crippen LogP contribution in [0.25, 0.3) is 0 Å². The van der Waals surface area contributed by atoms with Gasteiger partial charge in [0.15, 0.2) is 0 Å². The van der Waals surface area contributed by atoms with E-state index in [-0.39, 0.29) is 0 Å². The first-order valence-electron chi connectivity index (χ1n) is 4.57. The number of ether oxygens (including phenoxy) is 1. The summed E-state index contributed by atoms with van der Waals surface area (Å²) in [6.45, 7) is 2.00. The zero-order valence-electron chi connectivity index (χ0n) is 7.02. The Morgan fingerprint density at radius 2 is 1.91 bits per heavy atom. The second-order valence-corrected chi connectivity index (χ2v) is 4.03. The summed E-state index contributed by atoms with van der Waals surface area (Å²) in [6, 6.07) is 0. The topological polar surface area (TPSA) is 9.23 Å². The molecule has 0 aromatic carbocycles. The quantitative estimate of drug-likeness (QED) is 0.523. The Balaban J connectivity index is 1.96. The molecule has 0 radical (unpaired) electrons. The maximum absolute atomic E-state index is 5.30. The van der Waals surface area contributed by atoms with Gasteiger partial charge < -0.3 is 4.74 Å². The molecule has 66 valence electrons. The number of rotatable bonds is 4. The lowest BCUT2D eigenvalue weighted by atomic mass is 9.94. The summed E-state index contributed by atoms with van der Waals surface area (Å²) < 4.78 is 5.30. The Morgan fingerprint density at radius 1 is 1.18 bits per heavy atom.